The van der Waals surface area contributed by atoms with E-state index in [1.807, 2.05) is 12.4 Å². The Balaban J connectivity index is 1.39. The first-order chi connectivity index (χ1) is 13.7. The first kappa shape index (κ1) is 18.6. The minimum atomic E-state index is 0.210. The highest BCUT2D eigenvalue weighted by molar-refractivity contribution is 5.93. The summed E-state index contributed by atoms with van der Waals surface area (Å²) in [5, 5.41) is 6.17. The summed E-state index contributed by atoms with van der Waals surface area (Å²) in [6.07, 6.45) is 6.69. The standard InChI is InChI=1S/C24H27N3O/c1-18(28)14-19-7-9-20(10-8-19)16-27-13-3-5-22(17-27)26-24-6-2-4-21-15-25-12-11-23(21)24/h2,4,6-12,15,22,26H,3,5,13-14,16-17H2,1H3. The van der Waals surface area contributed by atoms with Gasteiger partial charge in [0.25, 0.3) is 0 Å². The third kappa shape index (κ3) is 4.57. The Kier molecular flexibility index (Phi) is 5.68. The zero-order chi connectivity index (χ0) is 19.3. The first-order valence-corrected chi connectivity index (χ1v) is 10.1. The van der Waals surface area contributed by atoms with Gasteiger partial charge in [0.05, 0.1) is 0 Å². The van der Waals surface area contributed by atoms with Gasteiger partial charge in [0.2, 0.25) is 0 Å². The second-order valence-corrected chi connectivity index (χ2v) is 7.82. The molecule has 1 aliphatic heterocycles. The molecule has 144 valence electrons. The number of aromatic nitrogens is 1. The van der Waals surface area contributed by atoms with Crippen LogP contribution in [0.3, 0.4) is 0 Å². The summed E-state index contributed by atoms with van der Waals surface area (Å²) in [6.45, 7) is 4.77. The maximum Gasteiger partial charge on any atom is 0.134 e. The van der Waals surface area contributed by atoms with Gasteiger partial charge in [-0.25, -0.2) is 0 Å². The number of ketones is 1. The molecule has 0 radical (unpaired) electrons. The fourth-order valence-corrected chi connectivity index (χ4v) is 4.09. The molecule has 2 heterocycles. The maximum atomic E-state index is 11.3. The third-order valence-corrected chi connectivity index (χ3v) is 5.43. The summed E-state index contributed by atoms with van der Waals surface area (Å²) in [6, 6.07) is 17.4. The number of benzene rings is 2. The van der Waals surface area contributed by atoms with Gasteiger partial charge in [-0.05, 0) is 49.6 Å². The van der Waals surface area contributed by atoms with E-state index in [1.54, 1.807) is 6.92 Å². The van der Waals surface area contributed by atoms with E-state index in [0.29, 0.717) is 12.5 Å². The molecule has 4 heteroatoms. The molecular weight excluding hydrogens is 346 g/mol. The predicted molar refractivity (Wildman–Crippen MR) is 114 cm³/mol. The number of fused-ring (bicyclic) bond motifs is 1. The number of carbonyl (C=O) groups is 1. The van der Waals surface area contributed by atoms with Crippen LogP contribution in [0.5, 0.6) is 0 Å². The van der Waals surface area contributed by atoms with Crippen LogP contribution in [-0.4, -0.2) is 34.8 Å². The van der Waals surface area contributed by atoms with Crippen LogP contribution in [0.15, 0.2) is 60.9 Å². The second kappa shape index (κ2) is 8.53. The molecule has 0 aliphatic carbocycles. The maximum absolute atomic E-state index is 11.3. The minimum absolute atomic E-state index is 0.210. The Morgan fingerprint density at radius 3 is 2.79 bits per heavy atom. The molecule has 0 spiro atoms. The molecule has 1 aliphatic rings. The van der Waals surface area contributed by atoms with Crippen LogP contribution >= 0.6 is 0 Å². The lowest BCUT2D eigenvalue weighted by Gasteiger charge is -2.34. The zero-order valence-electron chi connectivity index (χ0n) is 16.4. The smallest absolute Gasteiger partial charge is 0.134 e. The number of carbonyl (C=O) groups excluding carboxylic acids is 1. The Hall–Kier alpha value is -2.72. The molecule has 4 rings (SSSR count). The van der Waals surface area contributed by atoms with E-state index in [0.717, 1.165) is 25.2 Å². The van der Waals surface area contributed by atoms with Crippen molar-refractivity contribution < 1.29 is 4.79 Å². The van der Waals surface area contributed by atoms with E-state index < -0.39 is 0 Å². The molecule has 0 amide bonds. The molecule has 1 saturated heterocycles. The number of Topliss-reactive ketones (excluding diaryl/α,β-unsaturated/α-hetero) is 1. The Morgan fingerprint density at radius 2 is 1.96 bits per heavy atom. The molecule has 1 N–H and O–H groups in total. The molecule has 1 aromatic heterocycles. The summed E-state index contributed by atoms with van der Waals surface area (Å²) in [7, 11) is 0. The van der Waals surface area contributed by atoms with Crippen molar-refractivity contribution >= 4 is 22.2 Å². The molecule has 1 unspecified atom stereocenters. The number of piperidine rings is 1. The van der Waals surface area contributed by atoms with Crippen molar-refractivity contribution in [3.05, 3.63) is 72.1 Å². The van der Waals surface area contributed by atoms with Crippen molar-refractivity contribution in [1.29, 1.82) is 0 Å². The van der Waals surface area contributed by atoms with Crippen molar-refractivity contribution in [2.45, 2.75) is 38.8 Å². The Labute approximate surface area is 166 Å². The number of likely N-dealkylation sites (tertiary alicyclic amines) is 1. The zero-order valence-corrected chi connectivity index (χ0v) is 16.4. The van der Waals surface area contributed by atoms with Gasteiger partial charge in [0.1, 0.15) is 5.78 Å². The number of nitrogens with zero attached hydrogens (tertiary/aromatic N) is 2. The highest BCUT2D eigenvalue weighted by Crippen LogP contribution is 2.25. The topological polar surface area (TPSA) is 45.2 Å². The molecular formula is C24H27N3O. The molecule has 1 fully saturated rings. The Morgan fingerprint density at radius 1 is 1.14 bits per heavy atom. The summed E-state index contributed by atoms with van der Waals surface area (Å²) in [5.74, 6) is 0.210. The number of hydrogen-bond acceptors (Lipinski definition) is 4. The van der Waals surface area contributed by atoms with Crippen LogP contribution in [0.2, 0.25) is 0 Å². The van der Waals surface area contributed by atoms with Crippen molar-refractivity contribution in [2.24, 2.45) is 0 Å². The van der Waals surface area contributed by atoms with E-state index in [1.165, 1.54) is 34.9 Å². The summed E-state index contributed by atoms with van der Waals surface area (Å²) in [5.41, 5.74) is 3.60. The van der Waals surface area contributed by atoms with Crippen LogP contribution in [0.1, 0.15) is 30.9 Å². The fraction of sp³-hybridized carbons (Fsp3) is 0.333. The van der Waals surface area contributed by atoms with Crippen LogP contribution < -0.4 is 5.32 Å². The van der Waals surface area contributed by atoms with E-state index in [-0.39, 0.29) is 5.78 Å². The summed E-state index contributed by atoms with van der Waals surface area (Å²) < 4.78 is 0. The van der Waals surface area contributed by atoms with Crippen LogP contribution in [0.25, 0.3) is 10.8 Å². The van der Waals surface area contributed by atoms with Crippen molar-refractivity contribution in [3.8, 4) is 0 Å². The third-order valence-electron chi connectivity index (χ3n) is 5.43. The highest BCUT2D eigenvalue weighted by atomic mass is 16.1. The average molecular weight is 374 g/mol. The lowest BCUT2D eigenvalue weighted by atomic mass is 10.0. The van der Waals surface area contributed by atoms with Gasteiger partial charge < -0.3 is 5.32 Å². The average Bonchev–Trinajstić information content (AvgIpc) is 2.70. The second-order valence-electron chi connectivity index (χ2n) is 7.82. The summed E-state index contributed by atoms with van der Waals surface area (Å²) in [4.78, 5) is 18.0. The number of hydrogen-bond donors (Lipinski definition) is 1. The van der Waals surface area contributed by atoms with E-state index in [2.05, 4.69) is 63.7 Å². The largest absolute Gasteiger partial charge is 0.381 e. The molecule has 3 aromatic rings. The van der Waals surface area contributed by atoms with Gasteiger partial charge in [0.15, 0.2) is 0 Å². The van der Waals surface area contributed by atoms with Crippen LogP contribution in [0, 0.1) is 0 Å². The van der Waals surface area contributed by atoms with Gasteiger partial charge in [0, 0.05) is 54.4 Å². The SMILES string of the molecule is CC(=O)Cc1ccc(CN2CCCC(Nc3cccc4cnccc34)C2)cc1. The van der Waals surface area contributed by atoms with Gasteiger partial charge in [-0.15, -0.1) is 0 Å². The number of pyridine rings is 1. The predicted octanol–water partition coefficient (Wildman–Crippen LogP) is 4.44. The molecule has 0 bridgehead atoms. The molecule has 0 saturated carbocycles. The Bertz CT molecular complexity index is 946. The molecule has 28 heavy (non-hydrogen) atoms. The normalized spacial score (nSPS) is 17.5. The van der Waals surface area contributed by atoms with Crippen molar-refractivity contribution in [2.75, 3.05) is 18.4 Å². The van der Waals surface area contributed by atoms with Gasteiger partial charge in [-0.2, -0.15) is 0 Å². The van der Waals surface area contributed by atoms with E-state index in [9.17, 15) is 4.79 Å². The quantitative estimate of drug-likeness (QED) is 0.694. The van der Waals surface area contributed by atoms with Crippen molar-refractivity contribution in [3.63, 3.8) is 0 Å². The van der Waals surface area contributed by atoms with Gasteiger partial charge in [-0.3, -0.25) is 14.7 Å². The lowest BCUT2D eigenvalue weighted by Crippen LogP contribution is -2.41. The lowest BCUT2D eigenvalue weighted by molar-refractivity contribution is -0.116. The van der Waals surface area contributed by atoms with Gasteiger partial charge in [-0.1, -0.05) is 36.4 Å². The minimum Gasteiger partial charge on any atom is -0.381 e. The number of rotatable bonds is 6. The summed E-state index contributed by atoms with van der Waals surface area (Å²) >= 11 is 0. The fourth-order valence-electron chi connectivity index (χ4n) is 4.09. The monoisotopic (exact) mass is 373 g/mol. The van der Waals surface area contributed by atoms with Crippen molar-refractivity contribution in [1.82, 2.24) is 9.88 Å². The number of nitrogens with one attached hydrogen (secondary N) is 1. The van der Waals surface area contributed by atoms with Gasteiger partial charge >= 0.3 is 0 Å². The number of anilines is 1. The molecule has 4 nitrogen and oxygen atoms in total. The first-order valence-electron chi connectivity index (χ1n) is 10.1. The molecule has 1 atom stereocenters. The highest BCUT2D eigenvalue weighted by Gasteiger charge is 2.20. The van der Waals surface area contributed by atoms with Crippen LogP contribution in [-0.2, 0) is 17.8 Å². The van der Waals surface area contributed by atoms with Crippen LogP contribution in [0.4, 0.5) is 5.69 Å². The van der Waals surface area contributed by atoms with E-state index >= 15 is 0 Å². The van der Waals surface area contributed by atoms with E-state index in [4.69, 9.17) is 0 Å². The molecule has 2 aromatic carbocycles.